The van der Waals surface area contributed by atoms with Gasteiger partial charge >= 0.3 is 0 Å². The summed E-state index contributed by atoms with van der Waals surface area (Å²) in [4.78, 5) is 11.8. The third kappa shape index (κ3) is 3.56. The molecule has 15 heavy (non-hydrogen) atoms. The number of nitrogens with one attached hydrogen (secondary N) is 1. The first kappa shape index (κ1) is 12.1. The van der Waals surface area contributed by atoms with Gasteiger partial charge in [0.15, 0.2) is 0 Å². The predicted molar refractivity (Wildman–Crippen MR) is 69.5 cm³/mol. The highest BCUT2D eigenvalue weighted by Gasteiger charge is 2.10. The lowest BCUT2D eigenvalue weighted by molar-refractivity contribution is 0.0940. The third-order valence-electron chi connectivity index (χ3n) is 1.92. The van der Waals surface area contributed by atoms with Gasteiger partial charge in [-0.1, -0.05) is 12.1 Å². The van der Waals surface area contributed by atoms with Gasteiger partial charge in [-0.05, 0) is 41.6 Å². The van der Waals surface area contributed by atoms with Gasteiger partial charge in [-0.3, -0.25) is 4.79 Å². The van der Waals surface area contributed by atoms with Crippen LogP contribution in [0.15, 0.2) is 24.3 Å². The quantitative estimate of drug-likeness (QED) is 0.674. The fourth-order valence-electron chi connectivity index (χ4n) is 1.17. The van der Waals surface area contributed by atoms with Gasteiger partial charge in [0.1, 0.15) is 0 Å². The minimum Gasteiger partial charge on any atom is -0.349 e. The van der Waals surface area contributed by atoms with Gasteiger partial charge in [-0.15, -0.1) is 12.3 Å². The molecule has 1 aromatic rings. The molecule has 2 nitrogen and oxygen atoms in total. The van der Waals surface area contributed by atoms with Crippen LogP contribution in [0, 0.1) is 15.9 Å². The average molecular weight is 313 g/mol. The second kappa shape index (κ2) is 5.76. The monoisotopic (exact) mass is 313 g/mol. The van der Waals surface area contributed by atoms with E-state index in [9.17, 15) is 4.79 Å². The first-order chi connectivity index (χ1) is 7.15. The van der Waals surface area contributed by atoms with E-state index in [2.05, 4.69) is 33.8 Å². The molecule has 0 aliphatic heterocycles. The Bertz CT molecular complexity index is 395. The second-order valence-corrected chi connectivity index (χ2v) is 4.42. The van der Waals surface area contributed by atoms with Crippen LogP contribution in [-0.4, -0.2) is 11.9 Å². The number of terminal acetylenes is 1. The Balaban J connectivity index is 2.70. The molecule has 1 aromatic carbocycles. The molecule has 0 heterocycles. The van der Waals surface area contributed by atoms with Crippen LogP contribution in [0.25, 0.3) is 0 Å². The first-order valence-electron chi connectivity index (χ1n) is 4.64. The smallest absolute Gasteiger partial charge is 0.252 e. The van der Waals surface area contributed by atoms with Crippen molar-refractivity contribution in [1.82, 2.24) is 5.32 Å². The molecule has 0 aliphatic carbocycles. The van der Waals surface area contributed by atoms with Gasteiger partial charge in [0.05, 0.1) is 5.56 Å². The molecule has 0 aliphatic rings. The summed E-state index contributed by atoms with van der Waals surface area (Å²) >= 11 is 2.14. The van der Waals surface area contributed by atoms with Crippen LogP contribution >= 0.6 is 22.6 Å². The van der Waals surface area contributed by atoms with Gasteiger partial charge in [0.2, 0.25) is 0 Å². The lowest BCUT2D eigenvalue weighted by atomic mass is 10.2. The summed E-state index contributed by atoms with van der Waals surface area (Å²) in [5.74, 6) is 2.46. The fourth-order valence-corrected chi connectivity index (χ4v) is 1.81. The van der Waals surface area contributed by atoms with Crippen molar-refractivity contribution >= 4 is 28.5 Å². The Morgan fingerprint density at radius 2 is 2.27 bits per heavy atom. The van der Waals surface area contributed by atoms with Gasteiger partial charge in [-0.2, -0.15) is 0 Å². The highest BCUT2D eigenvalue weighted by Crippen LogP contribution is 2.11. The van der Waals surface area contributed by atoms with Crippen molar-refractivity contribution in [2.75, 3.05) is 0 Å². The number of halogens is 1. The Morgan fingerprint density at radius 1 is 1.60 bits per heavy atom. The van der Waals surface area contributed by atoms with Crippen molar-refractivity contribution in [3.8, 4) is 12.3 Å². The molecule has 1 rings (SSSR count). The molecule has 1 atom stereocenters. The Kier molecular flexibility index (Phi) is 4.63. The number of benzene rings is 1. The number of hydrogen-bond donors (Lipinski definition) is 1. The standard InChI is InChI=1S/C12H12INO/c1-3-6-9(2)14-12(15)10-7-4-5-8-11(10)13/h1,4-5,7-9H,6H2,2H3,(H,14,15). The van der Waals surface area contributed by atoms with Crippen LogP contribution in [-0.2, 0) is 0 Å². The minimum atomic E-state index is -0.0669. The van der Waals surface area contributed by atoms with Crippen LogP contribution in [0.5, 0.6) is 0 Å². The highest BCUT2D eigenvalue weighted by molar-refractivity contribution is 14.1. The van der Waals surface area contributed by atoms with Gasteiger partial charge < -0.3 is 5.32 Å². The predicted octanol–water partition coefficient (Wildman–Crippen LogP) is 2.43. The van der Waals surface area contributed by atoms with E-state index in [0.717, 1.165) is 3.57 Å². The zero-order valence-electron chi connectivity index (χ0n) is 8.46. The number of carbonyl (C=O) groups excluding carboxylic acids is 1. The Labute approximate surface area is 104 Å². The lowest BCUT2D eigenvalue weighted by Crippen LogP contribution is -2.32. The molecule has 0 radical (unpaired) electrons. The molecule has 3 heteroatoms. The van der Waals surface area contributed by atoms with Crippen molar-refractivity contribution < 1.29 is 4.79 Å². The van der Waals surface area contributed by atoms with Crippen molar-refractivity contribution in [1.29, 1.82) is 0 Å². The molecular formula is C12H12INO. The summed E-state index contributed by atoms with van der Waals surface area (Å²) in [6.45, 7) is 1.90. The maximum Gasteiger partial charge on any atom is 0.252 e. The van der Waals surface area contributed by atoms with Crippen LogP contribution in [0.4, 0.5) is 0 Å². The zero-order valence-corrected chi connectivity index (χ0v) is 10.6. The largest absolute Gasteiger partial charge is 0.349 e. The van der Waals surface area contributed by atoms with E-state index in [4.69, 9.17) is 6.42 Å². The van der Waals surface area contributed by atoms with E-state index in [-0.39, 0.29) is 11.9 Å². The van der Waals surface area contributed by atoms with Crippen LogP contribution in [0.3, 0.4) is 0 Å². The van der Waals surface area contributed by atoms with Crippen molar-refractivity contribution in [2.24, 2.45) is 0 Å². The molecule has 0 spiro atoms. The van der Waals surface area contributed by atoms with Gasteiger partial charge in [0.25, 0.3) is 5.91 Å². The number of hydrogen-bond acceptors (Lipinski definition) is 1. The van der Waals surface area contributed by atoms with Crippen LogP contribution in [0.1, 0.15) is 23.7 Å². The van der Waals surface area contributed by atoms with E-state index < -0.39 is 0 Å². The molecule has 0 bridgehead atoms. The number of amides is 1. The van der Waals surface area contributed by atoms with Crippen molar-refractivity contribution in [2.45, 2.75) is 19.4 Å². The summed E-state index contributed by atoms with van der Waals surface area (Å²) in [5, 5.41) is 2.85. The first-order valence-corrected chi connectivity index (χ1v) is 5.72. The summed E-state index contributed by atoms with van der Waals surface area (Å²) in [7, 11) is 0. The van der Waals surface area contributed by atoms with Crippen molar-refractivity contribution in [3.63, 3.8) is 0 Å². The normalized spacial score (nSPS) is 11.5. The maximum absolute atomic E-state index is 11.8. The highest BCUT2D eigenvalue weighted by atomic mass is 127. The van der Waals surface area contributed by atoms with Crippen LogP contribution in [0.2, 0.25) is 0 Å². The lowest BCUT2D eigenvalue weighted by Gasteiger charge is -2.11. The van der Waals surface area contributed by atoms with Crippen LogP contribution < -0.4 is 5.32 Å². The van der Waals surface area contributed by atoms with E-state index in [1.54, 1.807) is 6.07 Å². The van der Waals surface area contributed by atoms with E-state index in [0.29, 0.717) is 12.0 Å². The number of rotatable bonds is 3. The molecule has 0 aromatic heterocycles. The molecule has 0 saturated heterocycles. The molecule has 1 N–H and O–H groups in total. The molecule has 1 amide bonds. The SMILES string of the molecule is C#CCC(C)NC(=O)c1ccccc1I. The molecule has 78 valence electrons. The Hall–Kier alpha value is -1.02. The summed E-state index contributed by atoms with van der Waals surface area (Å²) < 4.78 is 0.945. The summed E-state index contributed by atoms with van der Waals surface area (Å²) in [6, 6.07) is 7.48. The van der Waals surface area contributed by atoms with E-state index >= 15 is 0 Å². The van der Waals surface area contributed by atoms with Gasteiger partial charge in [0, 0.05) is 16.0 Å². The second-order valence-electron chi connectivity index (χ2n) is 3.26. The zero-order chi connectivity index (χ0) is 11.3. The fraction of sp³-hybridized carbons (Fsp3) is 0.250. The maximum atomic E-state index is 11.8. The number of carbonyl (C=O) groups is 1. The average Bonchev–Trinajstić information content (AvgIpc) is 2.18. The van der Waals surface area contributed by atoms with E-state index in [1.165, 1.54) is 0 Å². The third-order valence-corrected chi connectivity index (χ3v) is 2.86. The molecule has 1 unspecified atom stereocenters. The minimum absolute atomic E-state index is 0.0125. The van der Waals surface area contributed by atoms with Crippen molar-refractivity contribution in [3.05, 3.63) is 33.4 Å². The molecular weight excluding hydrogens is 301 g/mol. The van der Waals surface area contributed by atoms with Gasteiger partial charge in [-0.25, -0.2) is 0 Å². The topological polar surface area (TPSA) is 29.1 Å². The van der Waals surface area contributed by atoms with E-state index in [1.807, 2.05) is 25.1 Å². The molecule has 0 saturated carbocycles. The summed E-state index contributed by atoms with van der Waals surface area (Å²) in [5.41, 5.74) is 0.696. The molecule has 0 fully saturated rings. The Morgan fingerprint density at radius 3 is 2.87 bits per heavy atom. The summed E-state index contributed by atoms with van der Waals surface area (Å²) in [6.07, 6.45) is 5.72.